The summed E-state index contributed by atoms with van der Waals surface area (Å²) >= 11 is 0. The number of nitrogens with one attached hydrogen (secondary N) is 1. The Labute approximate surface area is 123 Å². The standard InChI is InChI=1S/C15H15NO4S/c1-11-7-6-10-13(14(11)15(17)20-2)21(18,19)16-12-8-4-3-5-9-12/h3-10,16H,1-2H3. The third-order valence-corrected chi connectivity index (χ3v) is 4.36. The van der Waals surface area contributed by atoms with Crippen LogP contribution in [0.5, 0.6) is 0 Å². The lowest BCUT2D eigenvalue weighted by molar-refractivity contribution is 0.0595. The molecule has 5 nitrogen and oxygen atoms in total. The average molecular weight is 305 g/mol. The lowest BCUT2D eigenvalue weighted by Crippen LogP contribution is -2.18. The first-order valence-corrected chi connectivity index (χ1v) is 7.70. The van der Waals surface area contributed by atoms with Crippen LogP contribution in [0.3, 0.4) is 0 Å². The van der Waals surface area contributed by atoms with Gasteiger partial charge in [0.15, 0.2) is 0 Å². The molecule has 110 valence electrons. The third kappa shape index (κ3) is 3.22. The quantitative estimate of drug-likeness (QED) is 0.881. The number of ether oxygens (including phenoxy) is 1. The Morgan fingerprint density at radius 3 is 2.33 bits per heavy atom. The van der Waals surface area contributed by atoms with Gasteiger partial charge in [0.1, 0.15) is 4.90 Å². The second-order valence-electron chi connectivity index (χ2n) is 4.41. The summed E-state index contributed by atoms with van der Waals surface area (Å²) in [5.41, 5.74) is 1.01. The number of hydrogen-bond donors (Lipinski definition) is 1. The fourth-order valence-electron chi connectivity index (χ4n) is 1.94. The first-order chi connectivity index (χ1) is 9.95. The van der Waals surface area contributed by atoms with Crippen LogP contribution >= 0.6 is 0 Å². The van der Waals surface area contributed by atoms with Gasteiger partial charge in [0.25, 0.3) is 10.0 Å². The Bertz CT molecular complexity index is 754. The minimum atomic E-state index is -3.87. The molecule has 0 bridgehead atoms. The first kappa shape index (κ1) is 15.1. The van der Waals surface area contributed by atoms with E-state index in [1.807, 2.05) is 0 Å². The van der Waals surface area contributed by atoms with Gasteiger partial charge in [-0.05, 0) is 30.7 Å². The zero-order valence-electron chi connectivity index (χ0n) is 11.7. The normalized spacial score (nSPS) is 11.0. The van der Waals surface area contributed by atoms with E-state index < -0.39 is 16.0 Å². The summed E-state index contributed by atoms with van der Waals surface area (Å²) in [6.45, 7) is 1.66. The molecule has 0 saturated heterocycles. The van der Waals surface area contributed by atoms with E-state index >= 15 is 0 Å². The Kier molecular flexibility index (Phi) is 4.28. The van der Waals surface area contributed by atoms with E-state index in [1.54, 1.807) is 49.4 Å². The molecule has 2 rings (SSSR count). The summed E-state index contributed by atoms with van der Waals surface area (Å²) in [5.74, 6) is -0.679. The molecule has 0 aliphatic carbocycles. The van der Waals surface area contributed by atoms with Crippen molar-refractivity contribution in [2.45, 2.75) is 11.8 Å². The molecule has 1 N–H and O–H groups in total. The van der Waals surface area contributed by atoms with Crippen molar-refractivity contribution in [2.24, 2.45) is 0 Å². The molecule has 0 radical (unpaired) electrons. The van der Waals surface area contributed by atoms with Gasteiger partial charge in [-0.25, -0.2) is 13.2 Å². The Morgan fingerprint density at radius 1 is 1.05 bits per heavy atom. The summed E-state index contributed by atoms with van der Waals surface area (Å²) in [6, 6.07) is 13.1. The van der Waals surface area contributed by atoms with Crippen molar-refractivity contribution in [1.29, 1.82) is 0 Å². The van der Waals surface area contributed by atoms with Gasteiger partial charge in [0, 0.05) is 5.69 Å². The molecule has 0 aliphatic heterocycles. The maximum atomic E-state index is 12.5. The van der Waals surface area contributed by atoms with Crippen molar-refractivity contribution in [3.8, 4) is 0 Å². The van der Waals surface area contributed by atoms with E-state index in [2.05, 4.69) is 9.46 Å². The zero-order valence-corrected chi connectivity index (χ0v) is 12.5. The number of carbonyl (C=O) groups excluding carboxylic acids is 1. The predicted octanol–water partition coefficient (Wildman–Crippen LogP) is 2.58. The van der Waals surface area contributed by atoms with Crippen LogP contribution in [-0.2, 0) is 14.8 Å². The van der Waals surface area contributed by atoms with E-state index in [0.29, 0.717) is 11.3 Å². The lowest BCUT2D eigenvalue weighted by Gasteiger charge is -2.13. The molecule has 0 spiro atoms. The molecule has 0 aliphatic rings. The van der Waals surface area contributed by atoms with Gasteiger partial charge >= 0.3 is 5.97 Å². The van der Waals surface area contributed by atoms with Gasteiger partial charge in [-0.1, -0.05) is 30.3 Å². The molecule has 2 aromatic carbocycles. The molecule has 0 atom stereocenters. The van der Waals surface area contributed by atoms with Crippen molar-refractivity contribution in [2.75, 3.05) is 11.8 Å². The van der Waals surface area contributed by atoms with Gasteiger partial charge in [0.05, 0.1) is 12.7 Å². The highest BCUT2D eigenvalue weighted by atomic mass is 32.2. The highest BCUT2D eigenvalue weighted by molar-refractivity contribution is 7.92. The van der Waals surface area contributed by atoms with E-state index in [9.17, 15) is 13.2 Å². The fraction of sp³-hybridized carbons (Fsp3) is 0.133. The number of carbonyl (C=O) groups is 1. The second kappa shape index (κ2) is 5.97. The van der Waals surface area contributed by atoms with Gasteiger partial charge in [-0.3, -0.25) is 4.72 Å². The van der Waals surface area contributed by atoms with Crippen LogP contribution in [0.2, 0.25) is 0 Å². The fourth-order valence-corrected chi connectivity index (χ4v) is 3.27. The van der Waals surface area contributed by atoms with Crippen LogP contribution in [0.25, 0.3) is 0 Å². The number of rotatable bonds is 4. The topological polar surface area (TPSA) is 72.5 Å². The van der Waals surface area contributed by atoms with Gasteiger partial charge in [0.2, 0.25) is 0 Å². The maximum absolute atomic E-state index is 12.5. The minimum absolute atomic E-state index is 0.0448. The monoisotopic (exact) mass is 305 g/mol. The summed E-state index contributed by atoms with van der Waals surface area (Å²) in [4.78, 5) is 11.7. The second-order valence-corrected chi connectivity index (χ2v) is 6.06. The van der Waals surface area contributed by atoms with Crippen LogP contribution in [0.15, 0.2) is 53.4 Å². The number of sulfonamides is 1. The van der Waals surface area contributed by atoms with E-state index in [-0.39, 0.29) is 10.5 Å². The van der Waals surface area contributed by atoms with E-state index in [1.165, 1.54) is 13.2 Å². The van der Waals surface area contributed by atoms with Gasteiger partial charge in [-0.2, -0.15) is 0 Å². The molecule has 0 aromatic heterocycles. The first-order valence-electron chi connectivity index (χ1n) is 6.21. The van der Waals surface area contributed by atoms with Crippen LogP contribution in [0, 0.1) is 6.92 Å². The SMILES string of the molecule is COC(=O)c1c(C)cccc1S(=O)(=O)Nc1ccccc1. The van der Waals surface area contributed by atoms with E-state index in [4.69, 9.17) is 0 Å². The molecule has 21 heavy (non-hydrogen) atoms. The van der Waals surface area contributed by atoms with Crippen LogP contribution < -0.4 is 4.72 Å². The van der Waals surface area contributed by atoms with Crippen molar-refractivity contribution < 1.29 is 17.9 Å². The smallest absolute Gasteiger partial charge is 0.339 e. The number of esters is 1. The number of methoxy groups -OCH3 is 1. The van der Waals surface area contributed by atoms with Crippen molar-refractivity contribution in [3.05, 3.63) is 59.7 Å². The molecule has 0 fully saturated rings. The molecule has 2 aromatic rings. The van der Waals surface area contributed by atoms with Crippen LogP contribution in [-0.4, -0.2) is 21.5 Å². The summed E-state index contributed by atoms with van der Waals surface area (Å²) in [6.07, 6.45) is 0. The van der Waals surface area contributed by atoms with Crippen molar-refractivity contribution in [3.63, 3.8) is 0 Å². The lowest BCUT2D eigenvalue weighted by atomic mass is 10.1. The van der Waals surface area contributed by atoms with Gasteiger partial charge < -0.3 is 4.74 Å². The maximum Gasteiger partial charge on any atom is 0.339 e. The molecule has 0 saturated carbocycles. The number of hydrogen-bond acceptors (Lipinski definition) is 4. The molecule has 6 heteroatoms. The molecule has 0 unspecified atom stereocenters. The van der Waals surface area contributed by atoms with Gasteiger partial charge in [-0.15, -0.1) is 0 Å². The Hall–Kier alpha value is -2.34. The molecular formula is C15H15NO4S. The number of benzene rings is 2. The Balaban J connectivity index is 2.50. The van der Waals surface area contributed by atoms with E-state index in [0.717, 1.165) is 0 Å². The number of aryl methyl sites for hydroxylation is 1. The summed E-state index contributed by atoms with van der Waals surface area (Å²) in [5, 5.41) is 0. The Morgan fingerprint density at radius 2 is 1.71 bits per heavy atom. The largest absolute Gasteiger partial charge is 0.465 e. The predicted molar refractivity (Wildman–Crippen MR) is 79.8 cm³/mol. The van der Waals surface area contributed by atoms with Crippen LogP contribution in [0.1, 0.15) is 15.9 Å². The van der Waals surface area contributed by atoms with Crippen LogP contribution in [0.4, 0.5) is 5.69 Å². The van der Waals surface area contributed by atoms with Crippen molar-refractivity contribution in [1.82, 2.24) is 0 Å². The number of anilines is 1. The summed E-state index contributed by atoms with van der Waals surface area (Å²) < 4.78 is 32.1. The highest BCUT2D eigenvalue weighted by Gasteiger charge is 2.24. The highest BCUT2D eigenvalue weighted by Crippen LogP contribution is 2.23. The average Bonchev–Trinajstić information content (AvgIpc) is 2.47. The van der Waals surface area contributed by atoms with Crippen molar-refractivity contribution >= 4 is 21.7 Å². The summed E-state index contributed by atoms with van der Waals surface area (Å²) in [7, 11) is -2.65. The zero-order chi connectivity index (χ0) is 15.5. The molecule has 0 amide bonds. The molecular weight excluding hydrogens is 290 g/mol. The number of para-hydroxylation sites is 1. The minimum Gasteiger partial charge on any atom is -0.465 e. The molecule has 0 heterocycles. The third-order valence-electron chi connectivity index (χ3n) is 2.94.